The third-order valence-corrected chi connectivity index (χ3v) is 6.62. The van der Waals surface area contributed by atoms with Gasteiger partial charge in [0.15, 0.2) is 0 Å². The summed E-state index contributed by atoms with van der Waals surface area (Å²) in [6, 6.07) is 2.89. The number of aromatic nitrogens is 2. The van der Waals surface area contributed by atoms with Gasteiger partial charge in [-0.3, -0.25) is 14.3 Å². The number of halogens is 5. The number of alkyl halides is 3. The molecule has 1 aromatic heterocycles. The lowest BCUT2D eigenvalue weighted by molar-refractivity contribution is -0.137. The van der Waals surface area contributed by atoms with Crippen LogP contribution in [0.25, 0.3) is 22.0 Å². The summed E-state index contributed by atoms with van der Waals surface area (Å²) >= 11 is 0.952. The number of nitrogens with one attached hydrogen (secondary N) is 1. The largest absolute Gasteiger partial charge is 0.417 e. The van der Waals surface area contributed by atoms with Crippen LogP contribution in [0.15, 0.2) is 38.8 Å². The van der Waals surface area contributed by atoms with Crippen LogP contribution >= 0.6 is 11.8 Å². The van der Waals surface area contributed by atoms with Crippen molar-refractivity contribution in [1.82, 2.24) is 9.55 Å². The van der Waals surface area contributed by atoms with Crippen LogP contribution in [0.4, 0.5) is 22.0 Å². The number of unbranched alkanes of at least 4 members (excludes halogenated alkanes) is 1. The summed E-state index contributed by atoms with van der Waals surface area (Å²) in [5, 5.41) is -0.343. The fraction of sp³-hybridized carbons (Fsp3) is 0.364. The van der Waals surface area contributed by atoms with Gasteiger partial charge in [-0.2, -0.15) is 13.2 Å². The number of rotatable bonds is 5. The zero-order chi connectivity index (χ0) is 23.9. The predicted molar refractivity (Wildman–Crippen MR) is 115 cm³/mol. The summed E-state index contributed by atoms with van der Waals surface area (Å²) in [6.07, 6.45) is -3.85. The molecule has 1 N–H and O–H groups in total. The molecule has 1 aliphatic heterocycles. The maximum Gasteiger partial charge on any atom is 0.417 e. The van der Waals surface area contributed by atoms with Gasteiger partial charge in [-0.25, -0.2) is 13.6 Å². The predicted octanol–water partition coefficient (Wildman–Crippen LogP) is 4.94. The van der Waals surface area contributed by atoms with Gasteiger partial charge in [-0.1, -0.05) is 13.3 Å². The van der Waals surface area contributed by atoms with Crippen molar-refractivity contribution < 1.29 is 26.7 Å². The van der Waals surface area contributed by atoms with Crippen molar-refractivity contribution >= 4 is 22.7 Å². The Balaban J connectivity index is 2.06. The Kier molecular flexibility index (Phi) is 6.37. The number of H-pyrrole nitrogens is 1. The van der Waals surface area contributed by atoms with E-state index in [4.69, 9.17) is 4.74 Å². The SMILES string of the molecule is CCCCO[C@@H]1CSc2c(-c3ccc(F)cc3F)c(C(F)(F)F)cc3c(=O)[nH]c(=O)n(c23)C1. The van der Waals surface area contributed by atoms with E-state index in [9.17, 15) is 31.5 Å². The molecule has 4 rings (SSSR count). The summed E-state index contributed by atoms with van der Waals surface area (Å²) < 4.78 is 77.5. The molecule has 176 valence electrons. The summed E-state index contributed by atoms with van der Waals surface area (Å²) in [6.45, 7) is 2.37. The van der Waals surface area contributed by atoms with E-state index in [0.717, 1.165) is 41.3 Å². The Morgan fingerprint density at radius 1 is 1.21 bits per heavy atom. The lowest BCUT2D eigenvalue weighted by Gasteiger charge is -2.20. The molecule has 2 aromatic carbocycles. The van der Waals surface area contributed by atoms with Crippen molar-refractivity contribution in [3.05, 3.63) is 62.3 Å². The molecule has 2 heterocycles. The molecule has 0 radical (unpaired) electrons. The monoisotopic (exact) mass is 486 g/mol. The number of hydrogen-bond acceptors (Lipinski definition) is 4. The average molecular weight is 486 g/mol. The molecule has 1 aliphatic rings. The number of nitrogens with zero attached hydrogens (tertiary/aromatic N) is 1. The van der Waals surface area contributed by atoms with Crippen molar-refractivity contribution in [1.29, 1.82) is 0 Å². The minimum atomic E-state index is -4.95. The molecule has 0 aliphatic carbocycles. The van der Waals surface area contributed by atoms with Crippen LogP contribution < -0.4 is 11.2 Å². The number of thioether (sulfide) groups is 1. The highest BCUT2D eigenvalue weighted by molar-refractivity contribution is 7.99. The van der Waals surface area contributed by atoms with E-state index in [0.29, 0.717) is 18.7 Å². The highest BCUT2D eigenvalue weighted by Crippen LogP contribution is 2.47. The molecular weight excluding hydrogens is 467 g/mol. The van der Waals surface area contributed by atoms with Gasteiger partial charge in [-0.15, -0.1) is 11.8 Å². The standard InChI is InChI=1S/C22H19F5N2O3S/c1-2-3-6-32-12-9-29-18-14(20(30)28-21(29)31)8-15(22(25,26)27)17(19(18)33-10-12)13-5-4-11(23)7-16(13)24/h4-5,7-8,12H,2-3,6,9-10H2,1H3,(H,28,30,31)/t12-/m0/s1. The number of ether oxygens (including phenoxy) is 1. The van der Waals surface area contributed by atoms with Crippen molar-refractivity contribution in [3.8, 4) is 11.1 Å². The van der Waals surface area contributed by atoms with Crippen LogP contribution in [0.5, 0.6) is 0 Å². The molecular formula is C22H19F5N2O3S. The van der Waals surface area contributed by atoms with Gasteiger partial charge in [0.2, 0.25) is 0 Å². The molecule has 0 saturated heterocycles. The first-order chi connectivity index (χ1) is 15.6. The molecule has 0 saturated carbocycles. The highest BCUT2D eigenvalue weighted by Gasteiger charge is 2.38. The molecule has 0 spiro atoms. The van der Waals surface area contributed by atoms with Crippen molar-refractivity contribution in [3.63, 3.8) is 0 Å². The summed E-state index contributed by atoms with van der Waals surface area (Å²) in [5.41, 5.74) is -4.06. The van der Waals surface area contributed by atoms with Gasteiger partial charge in [0.1, 0.15) is 11.6 Å². The number of aromatic amines is 1. The Labute approximate surface area is 188 Å². The average Bonchev–Trinajstić information content (AvgIpc) is 2.92. The van der Waals surface area contributed by atoms with Crippen LogP contribution in [0, 0.1) is 11.6 Å². The summed E-state index contributed by atoms with van der Waals surface area (Å²) in [4.78, 5) is 27.1. The first kappa shape index (κ1) is 23.5. The molecule has 0 fully saturated rings. The molecule has 0 amide bonds. The second-order valence-electron chi connectivity index (χ2n) is 7.67. The van der Waals surface area contributed by atoms with Gasteiger partial charge < -0.3 is 4.74 Å². The third kappa shape index (κ3) is 4.43. The normalized spacial score (nSPS) is 16.2. The smallest absolute Gasteiger partial charge is 0.375 e. The molecule has 33 heavy (non-hydrogen) atoms. The molecule has 0 bridgehead atoms. The Morgan fingerprint density at radius 3 is 2.64 bits per heavy atom. The number of hydrogen-bond donors (Lipinski definition) is 1. The minimum absolute atomic E-state index is 0.00648. The van der Waals surface area contributed by atoms with Gasteiger partial charge in [0.05, 0.1) is 29.1 Å². The zero-order valence-electron chi connectivity index (χ0n) is 17.4. The lowest BCUT2D eigenvalue weighted by atomic mass is 9.96. The van der Waals surface area contributed by atoms with E-state index in [1.54, 1.807) is 0 Å². The van der Waals surface area contributed by atoms with E-state index in [1.807, 2.05) is 6.92 Å². The summed E-state index contributed by atoms with van der Waals surface area (Å²) in [5.74, 6) is -1.96. The van der Waals surface area contributed by atoms with Crippen LogP contribution in [0.2, 0.25) is 0 Å². The van der Waals surface area contributed by atoms with E-state index >= 15 is 0 Å². The molecule has 0 unspecified atom stereocenters. The second-order valence-corrected chi connectivity index (χ2v) is 8.70. The van der Waals surface area contributed by atoms with Gasteiger partial charge in [0.25, 0.3) is 5.56 Å². The Hall–Kier alpha value is -2.66. The Morgan fingerprint density at radius 2 is 1.97 bits per heavy atom. The van der Waals surface area contributed by atoms with Crippen molar-refractivity contribution in [2.75, 3.05) is 12.4 Å². The van der Waals surface area contributed by atoms with Crippen LogP contribution in [-0.4, -0.2) is 28.0 Å². The van der Waals surface area contributed by atoms with E-state index in [-0.39, 0.29) is 28.1 Å². The van der Waals surface area contributed by atoms with Crippen molar-refractivity contribution in [2.45, 2.75) is 43.5 Å². The summed E-state index contributed by atoms with van der Waals surface area (Å²) in [7, 11) is 0. The Bertz CT molecular complexity index is 1330. The lowest BCUT2D eigenvalue weighted by Crippen LogP contribution is -2.34. The quantitative estimate of drug-likeness (QED) is 0.410. The zero-order valence-corrected chi connectivity index (χ0v) is 18.2. The van der Waals surface area contributed by atoms with E-state index in [2.05, 4.69) is 4.98 Å². The maximum absolute atomic E-state index is 14.7. The van der Waals surface area contributed by atoms with Crippen molar-refractivity contribution in [2.24, 2.45) is 0 Å². The van der Waals surface area contributed by atoms with Gasteiger partial charge in [-0.05, 0) is 24.6 Å². The molecule has 1 atom stereocenters. The second kappa shape index (κ2) is 8.94. The van der Waals surface area contributed by atoms with Crippen LogP contribution in [-0.2, 0) is 17.5 Å². The van der Waals surface area contributed by atoms with E-state index < -0.39 is 51.9 Å². The molecule has 11 heteroatoms. The third-order valence-electron chi connectivity index (χ3n) is 5.39. The number of benzene rings is 2. The van der Waals surface area contributed by atoms with Crippen LogP contribution in [0.1, 0.15) is 25.3 Å². The first-order valence-corrected chi connectivity index (χ1v) is 11.2. The topological polar surface area (TPSA) is 64.1 Å². The van der Waals surface area contributed by atoms with Crippen LogP contribution in [0.3, 0.4) is 0 Å². The van der Waals surface area contributed by atoms with Gasteiger partial charge in [0, 0.05) is 34.4 Å². The van der Waals surface area contributed by atoms with Gasteiger partial charge >= 0.3 is 11.9 Å². The fourth-order valence-corrected chi connectivity index (χ4v) is 5.12. The first-order valence-electron chi connectivity index (χ1n) is 10.2. The fourth-order valence-electron chi connectivity index (χ4n) is 3.85. The molecule has 3 aromatic rings. The minimum Gasteiger partial charge on any atom is -0.375 e. The molecule has 5 nitrogen and oxygen atoms in total. The maximum atomic E-state index is 14.7. The highest BCUT2D eigenvalue weighted by atomic mass is 32.2. The van der Waals surface area contributed by atoms with E-state index in [1.165, 1.54) is 0 Å².